The molecule has 146 valence electrons. The first-order valence-corrected chi connectivity index (χ1v) is 9.93. The molecule has 6 heteroatoms. The minimum atomic E-state index is 0.897. The van der Waals surface area contributed by atoms with Crippen molar-refractivity contribution in [1.82, 2.24) is 9.80 Å². The van der Waals surface area contributed by atoms with Gasteiger partial charge in [-0.25, -0.2) is 0 Å². The average molecular weight is 363 g/mol. The van der Waals surface area contributed by atoms with Crippen molar-refractivity contribution in [3.05, 3.63) is 18.2 Å². The van der Waals surface area contributed by atoms with Crippen LogP contribution in [0, 0.1) is 0 Å². The first-order chi connectivity index (χ1) is 12.8. The number of anilines is 2. The van der Waals surface area contributed by atoms with Gasteiger partial charge in [0.05, 0.1) is 26.0 Å². The molecule has 3 rings (SSSR count). The number of hydrogen-bond acceptors (Lipinski definition) is 6. The maximum Gasteiger partial charge on any atom is 0.144 e. The third kappa shape index (κ3) is 5.25. The summed E-state index contributed by atoms with van der Waals surface area (Å²) >= 11 is 0. The van der Waals surface area contributed by atoms with Gasteiger partial charge in [-0.3, -0.25) is 4.90 Å². The quantitative estimate of drug-likeness (QED) is 0.800. The molecular weight excluding hydrogens is 328 g/mol. The Labute approximate surface area is 158 Å². The zero-order valence-electron chi connectivity index (χ0n) is 16.4. The standard InChI is InChI=1S/C20H34N4O2/c1-21-19-6-5-18(17-20(19)25-2)24-10-4-9-22(11-12-24)7-3-8-23-13-15-26-16-14-23/h5-6,17,21H,3-4,7-16H2,1-2H3. The molecule has 26 heavy (non-hydrogen) atoms. The van der Waals surface area contributed by atoms with Gasteiger partial charge in [0.15, 0.2) is 0 Å². The lowest BCUT2D eigenvalue weighted by atomic mass is 10.2. The molecule has 2 saturated heterocycles. The first-order valence-electron chi connectivity index (χ1n) is 9.93. The Balaban J connectivity index is 1.47. The largest absolute Gasteiger partial charge is 0.495 e. The summed E-state index contributed by atoms with van der Waals surface area (Å²) in [7, 11) is 3.66. The molecule has 0 saturated carbocycles. The van der Waals surface area contributed by atoms with Crippen LogP contribution in [0.15, 0.2) is 18.2 Å². The highest BCUT2D eigenvalue weighted by Crippen LogP contribution is 2.29. The van der Waals surface area contributed by atoms with Gasteiger partial charge >= 0.3 is 0 Å². The molecule has 0 atom stereocenters. The van der Waals surface area contributed by atoms with Gasteiger partial charge < -0.3 is 24.6 Å². The maximum atomic E-state index is 5.52. The molecule has 6 nitrogen and oxygen atoms in total. The molecule has 2 aliphatic rings. The molecule has 0 amide bonds. The Morgan fingerprint density at radius 1 is 1.00 bits per heavy atom. The van der Waals surface area contributed by atoms with E-state index in [1.165, 1.54) is 38.2 Å². The summed E-state index contributed by atoms with van der Waals surface area (Å²) in [5.74, 6) is 0.914. The van der Waals surface area contributed by atoms with E-state index in [0.29, 0.717) is 0 Å². The van der Waals surface area contributed by atoms with Crippen molar-refractivity contribution >= 4 is 11.4 Å². The van der Waals surface area contributed by atoms with E-state index >= 15 is 0 Å². The van der Waals surface area contributed by atoms with Crippen LogP contribution < -0.4 is 15.0 Å². The lowest BCUT2D eigenvalue weighted by molar-refractivity contribution is 0.0362. The lowest BCUT2D eigenvalue weighted by Gasteiger charge is -2.28. The van der Waals surface area contributed by atoms with Crippen molar-refractivity contribution in [2.24, 2.45) is 0 Å². The van der Waals surface area contributed by atoms with Gasteiger partial charge in [-0.15, -0.1) is 0 Å². The maximum absolute atomic E-state index is 5.52. The predicted octanol–water partition coefficient (Wildman–Crippen LogP) is 1.97. The van der Waals surface area contributed by atoms with E-state index in [4.69, 9.17) is 9.47 Å². The number of nitrogens with zero attached hydrogens (tertiary/aromatic N) is 3. The molecule has 2 fully saturated rings. The Kier molecular flexibility index (Phi) is 7.41. The summed E-state index contributed by atoms with van der Waals surface area (Å²) in [6, 6.07) is 6.46. The topological polar surface area (TPSA) is 40.2 Å². The first kappa shape index (κ1) is 19.3. The average Bonchev–Trinajstić information content (AvgIpc) is 2.94. The van der Waals surface area contributed by atoms with Crippen LogP contribution in [0.4, 0.5) is 11.4 Å². The highest BCUT2D eigenvalue weighted by molar-refractivity contribution is 5.64. The number of nitrogens with one attached hydrogen (secondary N) is 1. The Bertz CT molecular complexity index is 549. The van der Waals surface area contributed by atoms with Crippen LogP contribution in [0.5, 0.6) is 5.75 Å². The normalized spacial score (nSPS) is 20.0. The zero-order valence-corrected chi connectivity index (χ0v) is 16.4. The van der Waals surface area contributed by atoms with Crippen LogP contribution in [0.3, 0.4) is 0 Å². The minimum absolute atomic E-state index is 0.897. The minimum Gasteiger partial charge on any atom is -0.495 e. The van der Waals surface area contributed by atoms with Gasteiger partial charge in [0.2, 0.25) is 0 Å². The van der Waals surface area contributed by atoms with E-state index in [2.05, 4.69) is 38.2 Å². The summed E-state index contributed by atoms with van der Waals surface area (Å²) in [6.45, 7) is 10.9. The Morgan fingerprint density at radius 2 is 1.77 bits per heavy atom. The monoisotopic (exact) mass is 362 g/mol. The van der Waals surface area contributed by atoms with Crippen molar-refractivity contribution < 1.29 is 9.47 Å². The van der Waals surface area contributed by atoms with Crippen LogP contribution in [-0.2, 0) is 4.74 Å². The third-order valence-corrected chi connectivity index (χ3v) is 5.46. The van der Waals surface area contributed by atoms with Crippen LogP contribution in [-0.4, -0.2) is 89.5 Å². The van der Waals surface area contributed by atoms with Crippen LogP contribution >= 0.6 is 0 Å². The lowest BCUT2D eigenvalue weighted by Crippen LogP contribution is -2.38. The van der Waals surface area contributed by atoms with Gasteiger partial charge in [-0.05, 0) is 44.6 Å². The summed E-state index contributed by atoms with van der Waals surface area (Å²) in [4.78, 5) is 7.65. The smallest absolute Gasteiger partial charge is 0.144 e. The molecule has 0 bridgehead atoms. The molecule has 0 spiro atoms. The molecule has 0 unspecified atom stereocenters. The van der Waals surface area contributed by atoms with E-state index in [1.807, 2.05) is 7.05 Å². The second kappa shape index (κ2) is 10.00. The van der Waals surface area contributed by atoms with Crippen molar-refractivity contribution in [2.45, 2.75) is 12.8 Å². The number of rotatable bonds is 7. The summed E-state index contributed by atoms with van der Waals surface area (Å²) in [6.07, 6.45) is 2.47. The van der Waals surface area contributed by atoms with Crippen molar-refractivity contribution in [3.8, 4) is 5.75 Å². The number of hydrogen-bond donors (Lipinski definition) is 1. The van der Waals surface area contributed by atoms with E-state index < -0.39 is 0 Å². The van der Waals surface area contributed by atoms with E-state index in [-0.39, 0.29) is 0 Å². The van der Waals surface area contributed by atoms with Gasteiger partial charge in [0.25, 0.3) is 0 Å². The van der Waals surface area contributed by atoms with Gasteiger partial charge in [0, 0.05) is 51.5 Å². The molecule has 0 aromatic heterocycles. The summed E-state index contributed by atoms with van der Waals surface area (Å²) in [5, 5.41) is 3.18. The number of methoxy groups -OCH3 is 1. The van der Waals surface area contributed by atoms with Crippen molar-refractivity contribution in [1.29, 1.82) is 0 Å². The number of benzene rings is 1. The molecule has 1 aromatic carbocycles. The Morgan fingerprint density at radius 3 is 2.50 bits per heavy atom. The molecule has 0 aliphatic carbocycles. The van der Waals surface area contributed by atoms with Gasteiger partial charge in [-0.2, -0.15) is 0 Å². The summed E-state index contributed by atoms with van der Waals surface area (Å²) < 4.78 is 10.9. The SMILES string of the molecule is CNc1ccc(N2CCCN(CCCN3CCOCC3)CC2)cc1OC. The van der Waals surface area contributed by atoms with Crippen LogP contribution in [0.25, 0.3) is 0 Å². The molecule has 1 N–H and O–H groups in total. The fraction of sp³-hybridized carbons (Fsp3) is 0.700. The van der Waals surface area contributed by atoms with Crippen molar-refractivity contribution in [3.63, 3.8) is 0 Å². The predicted molar refractivity (Wildman–Crippen MR) is 108 cm³/mol. The van der Waals surface area contributed by atoms with E-state index in [0.717, 1.165) is 57.4 Å². The molecule has 2 heterocycles. The number of ether oxygens (including phenoxy) is 2. The van der Waals surface area contributed by atoms with E-state index in [1.54, 1.807) is 7.11 Å². The molecule has 0 radical (unpaired) electrons. The highest BCUT2D eigenvalue weighted by atomic mass is 16.5. The van der Waals surface area contributed by atoms with Crippen molar-refractivity contribution in [2.75, 3.05) is 89.9 Å². The van der Waals surface area contributed by atoms with E-state index in [9.17, 15) is 0 Å². The molecular formula is C20H34N4O2. The van der Waals surface area contributed by atoms with Crippen LogP contribution in [0.1, 0.15) is 12.8 Å². The number of morpholine rings is 1. The zero-order chi connectivity index (χ0) is 18.2. The molecule has 1 aromatic rings. The van der Waals surface area contributed by atoms with Crippen LogP contribution in [0.2, 0.25) is 0 Å². The van der Waals surface area contributed by atoms with Gasteiger partial charge in [0.1, 0.15) is 5.75 Å². The second-order valence-corrected chi connectivity index (χ2v) is 7.12. The second-order valence-electron chi connectivity index (χ2n) is 7.12. The highest BCUT2D eigenvalue weighted by Gasteiger charge is 2.17. The molecule has 2 aliphatic heterocycles. The Hall–Kier alpha value is -1.50. The fourth-order valence-corrected chi connectivity index (χ4v) is 3.88. The van der Waals surface area contributed by atoms with Gasteiger partial charge in [-0.1, -0.05) is 0 Å². The summed E-state index contributed by atoms with van der Waals surface area (Å²) in [5.41, 5.74) is 2.30. The fourth-order valence-electron chi connectivity index (χ4n) is 3.88. The third-order valence-electron chi connectivity index (χ3n) is 5.46.